The van der Waals surface area contributed by atoms with E-state index >= 15 is 0 Å². The number of sulfonamides is 1. The molecule has 0 bridgehead atoms. The number of nitrogen functional groups attached to an aromatic ring is 1. The normalized spacial score (nSPS) is 13.3. The fourth-order valence-corrected chi connectivity index (χ4v) is 3.33. The average molecular weight is 332 g/mol. The zero-order chi connectivity index (χ0) is 13.9. The van der Waals surface area contributed by atoms with Gasteiger partial charge in [-0.3, -0.25) is 0 Å². The highest BCUT2D eigenvalue weighted by Crippen LogP contribution is 2.25. The predicted molar refractivity (Wildman–Crippen MR) is 73.1 cm³/mol. The third kappa shape index (κ3) is 3.22. The molecule has 0 aromatic heterocycles. The van der Waals surface area contributed by atoms with Crippen LogP contribution < -0.4 is 5.73 Å². The highest BCUT2D eigenvalue weighted by molar-refractivity contribution is 9.10. The second-order valence-corrected chi connectivity index (χ2v) is 6.93. The van der Waals surface area contributed by atoms with Crippen LogP contribution in [0.15, 0.2) is 27.6 Å². The summed E-state index contributed by atoms with van der Waals surface area (Å²) >= 11 is 3.21. The molecule has 0 fully saturated rings. The van der Waals surface area contributed by atoms with Gasteiger partial charge in [0.2, 0.25) is 10.0 Å². The molecule has 0 radical (unpaired) electrons. The molecule has 0 saturated carbocycles. The predicted octanol–water partition coefficient (Wildman–Crippen LogP) is 1.81. The van der Waals surface area contributed by atoms with Crippen molar-refractivity contribution in [1.29, 1.82) is 5.26 Å². The van der Waals surface area contributed by atoms with Gasteiger partial charge in [0.25, 0.3) is 0 Å². The van der Waals surface area contributed by atoms with Gasteiger partial charge in [-0.2, -0.15) is 9.57 Å². The van der Waals surface area contributed by atoms with Crippen molar-refractivity contribution in [2.24, 2.45) is 5.92 Å². The van der Waals surface area contributed by atoms with Crippen LogP contribution >= 0.6 is 15.9 Å². The van der Waals surface area contributed by atoms with Crippen LogP contribution in [0.1, 0.15) is 6.92 Å². The van der Waals surface area contributed by atoms with Crippen molar-refractivity contribution < 1.29 is 8.42 Å². The fourth-order valence-electron chi connectivity index (χ4n) is 1.42. The van der Waals surface area contributed by atoms with E-state index < -0.39 is 10.0 Å². The molecule has 5 nitrogen and oxygen atoms in total. The van der Waals surface area contributed by atoms with Gasteiger partial charge in [-0.05, 0) is 25.1 Å². The molecule has 0 saturated heterocycles. The van der Waals surface area contributed by atoms with E-state index in [0.717, 1.165) is 4.31 Å². The molecular formula is C11H14BrN3O2S. The summed E-state index contributed by atoms with van der Waals surface area (Å²) in [6.45, 7) is 1.79. The lowest BCUT2D eigenvalue weighted by molar-refractivity contribution is 0.439. The minimum atomic E-state index is -3.67. The first-order valence-electron chi connectivity index (χ1n) is 5.20. The highest BCUT2D eigenvalue weighted by atomic mass is 79.9. The number of nitrogens with zero attached hydrogens (tertiary/aromatic N) is 2. The van der Waals surface area contributed by atoms with Crippen molar-refractivity contribution >= 4 is 31.6 Å². The molecule has 0 heterocycles. The Balaban J connectivity index is 3.14. The lowest BCUT2D eigenvalue weighted by atomic mass is 10.2. The second-order valence-electron chi connectivity index (χ2n) is 4.00. The minimum Gasteiger partial charge on any atom is -0.398 e. The van der Waals surface area contributed by atoms with Gasteiger partial charge in [0, 0.05) is 18.1 Å². The number of nitrogens with two attached hydrogens (primary N) is 1. The molecule has 0 aliphatic rings. The van der Waals surface area contributed by atoms with Crippen LogP contribution in [-0.2, 0) is 10.0 Å². The molecule has 1 atom stereocenters. The Morgan fingerprint density at radius 2 is 2.17 bits per heavy atom. The molecule has 1 unspecified atom stereocenters. The SMILES string of the molecule is CC(C#N)CN(C)S(=O)(=O)c1cc(Br)ccc1N. The Kier molecular flexibility index (Phi) is 4.73. The quantitative estimate of drug-likeness (QED) is 0.852. The lowest BCUT2D eigenvalue weighted by Crippen LogP contribution is -2.31. The molecular weight excluding hydrogens is 318 g/mol. The molecule has 0 amide bonds. The summed E-state index contributed by atoms with van der Waals surface area (Å²) in [4.78, 5) is 0.0458. The number of anilines is 1. The standard InChI is InChI=1S/C11H14BrN3O2S/c1-8(6-13)7-15(2)18(16,17)11-5-9(12)3-4-10(11)14/h3-5,8H,7,14H2,1-2H3. The van der Waals surface area contributed by atoms with Crippen molar-refractivity contribution in [3.63, 3.8) is 0 Å². The Hall–Kier alpha value is -1.10. The van der Waals surface area contributed by atoms with Crippen molar-refractivity contribution in [2.75, 3.05) is 19.3 Å². The number of benzene rings is 1. The molecule has 0 aliphatic heterocycles. The third-order valence-electron chi connectivity index (χ3n) is 2.42. The van der Waals surface area contributed by atoms with E-state index in [1.54, 1.807) is 13.0 Å². The van der Waals surface area contributed by atoms with E-state index in [4.69, 9.17) is 11.0 Å². The van der Waals surface area contributed by atoms with Gasteiger partial charge in [-0.25, -0.2) is 8.42 Å². The number of nitriles is 1. The first kappa shape index (κ1) is 15.0. The summed E-state index contributed by atoms with van der Waals surface area (Å²) in [7, 11) is -2.24. The zero-order valence-corrected chi connectivity index (χ0v) is 12.5. The maximum Gasteiger partial charge on any atom is 0.244 e. The fraction of sp³-hybridized carbons (Fsp3) is 0.364. The van der Waals surface area contributed by atoms with Crippen LogP contribution in [0.2, 0.25) is 0 Å². The van der Waals surface area contributed by atoms with E-state index in [2.05, 4.69) is 15.9 Å². The van der Waals surface area contributed by atoms with Crippen molar-refractivity contribution in [2.45, 2.75) is 11.8 Å². The van der Waals surface area contributed by atoms with Crippen molar-refractivity contribution in [3.05, 3.63) is 22.7 Å². The van der Waals surface area contributed by atoms with Crippen LogP contribution in [0.25, 0.3) is 0 Å². The zero-order valence-electron chi connectivity index (χ0n) is 10.1. The molecule has 0 spiro atoms. The Labute approximate surface area is 115 Å². The maximum atomic E-state index is 12.3. The second kappa shape index (κ2) is 5.69. The molecule has 1 aromatic rings. The van der Waals surface area contributed by atoms with Crippen LogP contribution in [-0.4, -0.2) is 26.3 Å². The average Bonchev–Trinajstić information content (AvgIpc) is 2.31. The Bertz CT molecular complexity index is 580. The molecule has 1 rings (SSSR count). The first-order chi connectivity index (χ1) is 8.28. The molecule has 18 heavy (non-hydrogen) atoms. The van der Waals surface area contributed by atoms with Crippen molar-refractivity contribution in [3.8, 4) is 6.07 Å². The Morgan fingerprint density at radius 1 is 1.56 bits per heavy atom. The first-order valence-corrected chi connectivity index (χ1v) is 7.43. The molecule has 0 aliphatic carbocycles. The van der Waals surface area contributed by atoms with Gasteiger partial charge < -0.3 is 5.73 Å². The van der Waals surface area contributed by atoms with Gasteiger partial charge in [-0.1, -0.05) is 15.9 Å². The van der Waals surface area contributed by atoms with E-state index in [1.165, 1.54) is 19.2 Å². The largest absolute Gasteiger partial charge is 0.398 e. The monoisotopic (exact) mass is 331 g/mol. The number of halogens is 1. The summed E-state index contributed by atoms with van der Waals surface area (Å²) < 4.78 is 26.3. The number of hydrogen-bond donors (Lipinski definition) is 1. The molecule has 98 valence electrons. The van der Waals surface area contributed by atoms with Gasteiger partial charge in [0.1, 0.15) is 4.90 Å². The third-order valence-corrected chi connectivity index (χ3v) is 4.79. The Morgan fingerprint density at radius 3 is 2.72 bits per heavy atom. The highest BCUT2D eigenvalue weighted by Gasteiger charge is 2.24. The summed E-state index contributed by atoms with van der Waals surface area (Å²) in [6, 6.07) is 6.65. The van der Waals surface area contributed by atoms with Crippen LogP contribution in [0.3, 0.4) is 0 Å². The molecule has 1 aromatic carbocycles. The maximum absolute atomic E-state index is 12.3. The van der Waals surface area contributed by atoms with Crippen LogP contribution in [0, 0.1) is 17.2 Å². The topological polar surface area (TPSA) is 87.2 Å². The van der Waals surface area contributed by atoms with E-state index in [0.29, 0.717) is 4.47 Å². The summed E-state index contributed by atoms with van der Waals surface area (Å²) in [6.07, 6.45) is 0. The summed E-state index contributed by atoms with van der Waals surface area (Å²) in [5.74, 6) is -0.377. The lowest BCUT2D eigenvalue weighted by Gasteiger charge is -2.19. The van der Waals surface area contributed by atoms with Gasteiger partial charge in [-0.15, -0.1) is 0 Å². The van der Waals surface area contributed by atoms with E-state index in [-0.39, 0.29) is 23.0 Å². The van der Waals surface area contributed by atoms with Crippen molar-refractivity contribution in [1.82, 2.24) is 4.31 Å². The summed E-state index contributed by atoms with van der Waals surface area (Å²) in [5.41, 5.74) is 5.87. The molecule has 2 N–H and O–H groups in total. The van der Waals surface area contributed by atoms with E-state index in [1.807, 2.05) is 6.07 Å². The number of hydrogen-bond acceptors (Lipinski definition) is 4. The van der Waals surface area contributed by atoms with Crippen LogP contribution in [0.4, 0.5) is 5.69 Å². The van der Waals surface area contributed by atoms with Gasteiger partial charge in [0.05, 0.1) is 17.7 Å². The molecule has 7 heteroatoms. The summed E-state index contributed by atoms with van der Waals surface area (Å²) in [5, 5.41) is 8.71. The van der Waals surface area contributed by atoms with Gasteiger partial charge >= 0.3 is 0 Å². The van der Waals surface area contributed by atoms with Gasteiger partial charge in [0.15, 0.2) is 0 Å². The number of rotatable bonds is 4. The minimum absolute atomic E-state index is 0.0458. The smallest absolute Gasteiger partial charge is 0.244 e. The van der Waals surface area contributed by atoms with E-state index in [9.17, 15) is 8.42 Å². The van der Waals surface area contributed by atoms with Crippen LogP contribution in [0.5, 0.6) is 0 Å².